The second-order valence-corrected chi connectivity index (χ2v) is 13.7. The number of rotatable bonds is 10. The quantitative estimate of drug-likeness (QED) is 0.122. The Morgan fingerprint density at radius 1 is 0.660 bits per heavy atom. The van der Waals surface area contributed by atoms with E-state index in [0.29, 0.717) is 24.3 Å². The molecule has 3 heterocycles. The van der Waals surface area contributed by atoms with Gasteiger partial charge in [-0.05, 0) is 70.7 Å². The number of fused-ring (bicyclic) bond motifs is 2. The van der Waals surface area contributed by atoms with Crippen molar-refractivity contribution in [1.82, 2.24) is 9.97 Å². The SMILES string of the molecule is C.CCCOCCNc1c(-c2ccc(C)cc2)[nH]c(=O)c2cc(OC)ccc12.Cc1ccc(-c2[nH]c(=O)c3cc(C)ccc3c2N2CCCCC2)cc1. The molecule has 0 amide bonds. The van der Waals surface area contributed by atoms with Gasteiger partial charge in [-0.15, -0.1) is 0 Å². The standard InChI is InChI=1S/C22H26N2O3.C22H24N2O.CH4/c1-4-12-27-13-11-23-21-18-10-9-17(26-3)14-19(18)22(25)24-20(21)16-7-5-15(2)6-8-16;1-15-6-9-17(10-7-15)20-21(24-12-4-3-5-13-24)18-11-8-16(2)14-19(18)22(25)23-20;/h5-10,14,23H,4,11-13H2,1-3H3,(H,24,25);6-11,14H,3-5,12-13H2,1-2H3,(H,23,25);1H4. The molecule has 0 bridgehead atoms. The minimum Gasteiger partial charge on any atom is -0.497 e. The molecule has 0 saturated carbocycles. The summed E-state index contributed by atoms with van der Waals surface area (Å²) in [5.41, 5.74) is 9.23. The monoisotopic (exact) mass is 714 g/mol. The minimum atomic E-state index is -0.132. The Labute approximate surface area is 313 Å². The van der Waals surface area contributed by atoms with E-state index in [0.717, 1.165) is 76.0 Å². The van der Waals surface area contributed by atoms with E-state index in [1.165, 1.54) is 36.1 Å². The number of ether oxygens (including phenoxy) is 2. The Hall–Kier alpha value is -5.34. The normalized spacial score (nSPS) is 12.6. The molecule has 1 saturated heterocycles. The Kier molecular flexibility index (Phi) is 13.2. The second-order valence-electron chi connectivity index (χ2n) is 13.7. The topological polar surface area (TPSA) is 99.4 Å². The summed E-state index contributed by atoms with van der Waals surface area (Å²) >= 11 is 0. The van der Waals surface area contributed by atoms with Crippen LogP contribution in [-0.4, -0.2) is 49.9 Å². The number of hydrogen-bond donors (Lipinski definition) is 3. The van der Waals surface area contributed by atoms with Gasteiger partial charge in [-0.25, -0.2) is 0 Å². The van der Waals surface area contributed by atoms with Gasteiger partial charge in [0, 0.05) is 53.5 Å². The summed E-state index contributed by atoms with van der Waals surface area (Å²) in [6.07, 6.45) is 4.70. The maximum Gasteiger partial charge on any atom is 0.256 e. The van der Waals surface area contributed by atoms with Crippen LogP contribution >= 0.6 is 0 Å². The number of hydrogen-bond acceptors (Lipinski definition) is 6. The van der Waals surface area contributed by atoms with Crippen molar-refractivity contribution < 1.29 is 9.47 Å². The number of aryl methyl sites for hydroxylation is 3. The highest BCUT2D eigenvalue weighted by Gasteiger charge is 2.21. The van der Waals surface area contributed by atoms with Crippen LogP contribution in [0.3, 0.4) is 0 Å². The van der Waals surface area contributed by atoms with E-state index in [-0.39, 0.29) is 18.5 Å². The molecule has 1 aliphatic rings. The predicted octanol–water partition coefficient (Wildman–Crippen LogP) is 9.79. The number of nitrogens with zero attached hydrogens (tertiary/aromatic N) is 1. The van der Waals surface area contributed by atoms with Crippen LogP contribution in [-0.2, 0) is 4.74 Å². The number of methoxy groups -OCH3 is 1. The first-order valence-corrected chi connectivity index (χ1v) is 18.4. The van der Waals surface area contributed by atoms with E-state index in [1.54, 1.807) is 13.2 Å². The lowest BCUT2D eigenvalue weighted by Crippen LogP contribution is -2.31. The van der Waals surface area contributed by atoms with E-state index in [4.69, 9.17) is 9.47 Å². The van der Waals surface area contributed by atoms with Gasteiger partial charge in [0.25, 0.3) is 11.1 Å². The first-order valence-electron chi connectivity index (χ1n) is 18.4. The van der Waals surface area contributed by atoms with Gasteiger partial charge in [0.1, 0.15) is 5.75 Å². The van der Waals surface area contributed by atoms with E-state index < -0.39 is 0 Å². The average molecular weight is 715 g/mol. The van der Waals surface area contributed by atoms with E-state index in [1.807, 2.05) is 56.3 Å². The van der Waals surface area contributed by atoms with Crippen LogP contribution < -0.4 is 26.1 Å². The fourth-order valence-corrected chi connectivity index (χ4v) is 6.85. The van der Waals surface area contributed by atoms with Gasteiger partial charge in [0.2, 0.25) is 0 Å². The summed E-state index contributed by atoms with van der Waals surface area (Å²) in [6, 6.07) is 28.3. The van der Waals surface area contributed by atoms with Crippen molar-refractivity contribution >= 4 is 32.9 Å². The summed E-state index contributed by atoms with van der Waals surface area (Å²) in [7, 11) is 1.60. The molecule has 3 N–H and O–H groups in total. The number of pyridine rings is 2. The van der Waals surface area contributed by atoms with Crippen LogP contribution in [0.4, 0.5) is 11.4 Å². The van der Waals surface area contributed by atoms with Gasteiger partial charge in [0.05, 0.1) is 41.9 Å². The minimum absolute atomic E-state index is 0. The molecule has 8 nitrogen and oxygen atoms in total. The summed E-state index contributed by atoms with van der Waals surface area (Å²) in [6.45, 7) is 12.4. The third-order valence-electron chi connectivity index (χ3n) is 9.63. The molecular weight excluding hydrogens is 661 g/mol. The summed E-state index contributed by atoms with van der Waals surface area (Å²) in [5.74, 6) is 0.660. The van der Waals surface area contributed by atoms with Crippen molar-refractivity contribution in [1.29, 1.82) is 0 Å². The van der Waals surface area contributed by atoms with Gasteiger partial charge in [-0.2, -0.15) is 0 Å². The van der Waals surface area contributed by atoms with Crippen molar-refractivity contribution in [2.45, 2.75) is 60.8 Å². The maximum absolute atomic E-state index is 12.8. The van der Waals surface area contributed by atoms with Crippen LogP contribution in [0.15, 0.2) is 94.5 Å². The molecule has 53 heavy (non-hydrogen) atoms. The molecule has 1 aliphatic heterocycles. The molecule has 278 valence electrons. The number of H-pyrrole nitrogens is 2. The summed E-state index contributed by atoms with van der Waals surface area (Å²) in [4.78, 5) is 34.1. The van der Waals surface area contributed by atoms with E-state index in [9.17, 15) is 9.59 Å². The molecule has 1 fully saturated rings. The first-order chi connectivity index (χ1) is 25.3. The Morgan fingerprint density at radius 2 is 1.23 bits per heavy atom. The Bertz CT molecular complexity index is 2250. The summed E-state index contributed by atoms with van der Waals surface area (Å²) in [5, 5.41) is 6.77. The van der Waals surface area contributed by atoms with Crippen molar-refractivity contribution in [3.63, 3.8) is 0 Å². The molecular formula is C45H54N4O4. The molecule has 7 rings (SSSR count). The molecule has 0 radical (unpaired) electrons. The number of benzene rings is 4. The number of piperidine rings is 1. The summed E-state index contributed by atoms with van der Waals surface area (Å²) < 4.78 is 10.9. The highest BCUT2D eigenvalue weighted by molar-refractivity contribution is 6.01. The lowest BCUT2D eigenvalue weighted by molar-refractivity contribution is 0.144. The van der Waals surface area contributed by atoms with Crippen LogP contribution in [0.25, 0.3) is 44.1 Å². The van der Waals surface area contributed by atoms with Gasteiger partial charge < -0.3 is 29.7 Å². The third kappa shape index (κ3) is 9.00. The van der Waals surface area contributed by atoms with Crippen molar-refractivity contribution in [3.05, 3.63) is 122 Å². The molecule has 0 atom stereocenters. The van der Waals surface area contributed by atoms with Gasteiger partial charge in [-0.3, -0.25) is 9.59 Å². The van der Waals surface area contributed by atoms with Crippen LogP contribution in [0, 0.1) is 20.8 Å². The second kappa shape index (κ2) is 17.9. The highest BCUT2D eigenvalue weighted by Crippen LogP contribution is 2.36. The molecule has 0 unspecified atom stereocenters. The molecule has 8 heteroatoms. The zero-order valence-electron chi connectivity index (χ0n) is 31.0. The van der Waals surface area contributed by atoms with E-state index in [2.05, 4.69) is 70.4 Å². The molecule has 6 aromatic rings. The van der Waals surface area contributed by atoms with Crippen molar-refractivity contribution in [2.24, 2.45) is 0 Å². The van der Waals surface area contributed by atoms with Gasteiger partial charge >= 0.3 is 0 Å². The molecule has 4 aromatic carbocycles. The highest BCUT2D eigenvalue weighted by atomic mass is 16.5. The predicted molar refractivity (Wildman–Crippen MR) is 223 cm³/mol. The largest absolute Gasteiger partial charge is 0.497 e. The third-order valence-corrected chi connectivity index (χ3v) is 9.63. The molecule has 0 spiro atoms. The number of anilines is 2. The zero-order chi connectivity index (χ0) is 36.6. The number of aromatic nitrogens is 2. The first kappa shape index (κ1) is 38.9. The van der Waals surface area contributed by atoms with Crippen LogP contribution in [0.5, 0.6) is 5.75 Å². The molecule has 0 aliphatic carbocycles. The average Bonchev–Trinajstić information content (AvgIpc) is 3.16. The van der Waals surface area contributed by atoms with Gasteiger partial charge in [0.15, 0.2) is 0 Å². The maximum atomic E-state index is 12.8. The zero-order valence-corrected chi connectivity index (χ0v) is 31.0. The van der Waals surface area contributed by atoms with E-state index >= 15 is 0 Å². The van der Waals surface area contributed by atoms with Crippen LogP contribution in [0.2, 0.25) is 0 Å². The lowest BCUT2D eigenvalue weighted by Gasteiger charge is -2.31. The molecule has 2 aromatic heterocycles. The Morgan fingerprint density at radius 3 is 1.85 bits per heavy atom. The lowest BCUT2D eigenvalue weighted by atomic mass is 9.99. The van der Waals surface area contributed by atoms with Crippen molar-refractivity contribution in [2.75, 3.05) is 50.2 Å². The van der Waals surface area contributed by atoms with Crippen LogP contribution in [0.1, 0.15) is 56.7 Å². The number of nitrogens with one attached hydrogen (secondary N) is 3. The smallest absolute Gasteiger partial charge is 0.256 e. The fraction of sp³-hybridized carbons (Fsp3) is 0.333. The fourth-order valence-electron chi connectivity index (χ4n) is 6.85. The number of aromatic amines is 2. The van der Waals surface area contributed by atoms with Crippen molar-refractivity contribution in [3.8, 4) is 28.3 Å². The van der Waals surface area contributed by atoms with Gasteiger partial charge in [-0.1, -0.05) is 91.7 Å². The Balaban J connectivity index is 0.000000201.